The Morgan fingerprint density at radius 1 is 0.963 bits per heavy atom. The maximum Gasteiger partial charge on any atom is 0.233 e. The van der Waals surface area contributed by atoms with Crippen LogP contribution in [0.3, 0.4) is 0 Å². The van der Waals surface area contributed by atoms with Crippen LogP contribution in [0.4, 0.5) is 5.95 Å². The van der Waals surface area contributed by atoms with Gasteiger partial charge in [-0.15, -0.1) is 0 Å². The van der Waals surface area contributed by atoms with Gasteiger partial charge < -0.3 is 0 Å². The van der Waals surface area contributed by atoms with Crippen LogP contribution >= 0.6 is 0 Å². The molecular weight excluding hydrogens is 336 g/mol. The summed E-state index contributed by atoms with van der Waals surface area (Å²) in [7, 11) is 0. The molecular formula is C22H22N4O. The minimum absolute atomic E-state index is 0.0272. The summed E-state index contributed by atoms with van der Waals surface area (Å²) in [6.45, 7) is 2.08. The van der Waals surface area contributed by atoms with Gasteiger partial charge in [-0.1, -0.05) is 60.2 Å². The molecule has 27 heavy (non-hydrogen) atoms. The highest BCUT2D eigenvalue weighted by Gasteiger charge is 2.44. The monoisotopic (exact) mass is 358 g/mol. The zero-order valence-corrected chi connectivity index (χ0v) is 15.3. The Balaban J connectivity index is 1.63. The standard InChI is InChI=1S/C22H22N4O/c1-15-7-9-17(10-8-15)19-13-20(16-5-3-2-4-6-16)26-22(23-14-24-26)25(19)21(27)18-11-12-18/h2-10,14,18-20H,11-13H2,1H3/t19-,20-/m1/s1. The molecule has 0 saturated heterocycles. The van der Waals surface area contributed by atoms with Gasteiger partial charge in [-0.25, -0.2) is 4.68 Å². The number of nitrogens with zero attached hydrogens (tertiary/aromatic N) is 4. The Labute approximate surface area is 158 Å². The SMILES string of the molecule is Cc1ccc([C@H]2C[C@H](c3ccccc3)n3ncnc3N2C(=O)C2CC2)cc1. The predicted octanol–water partition coefficient (Wildman–Crippen LogP) is 4.06. The third kappa shape index (κ3) is 2.83. The van der Waals surface area contributed by atoms with Crippen molar-refractivity contribution < 1.29 is 4.79 Å². The fraction of sp³-hybridized carbons (Fsp3) is 0.318. The number of rotatable bonds is 3. The van der Waals surface area contributed by atoms with E-state index in [0.29, 0.717) is 5.95 Å². The number of anilines is 1. The number of amides is 1. The van der Waals surface area contributed by atoms with E-state index in [1.807, 2.05) is 15.6 Å². The maximum absolute atomic E-state index is 13.2. The van der Waals surface area contributed by atoms with Gasteiger partial charge in [0.1, 0.15) is 6.33 Å². The highest BCUT2D eigenvalue weighted by molar-refractivity contribution is 5.96. The van der Waals surface area contributed by atoms with Crippen molar-refractivity contribution in [1.29, 1.82) is 0 Å². The number of benzene rings is 2. The van der Waals surface area contributed by atoms with Crippen molar-refractivity contribution in [2.75, 3.05) is 4.90 Å². The lowest BCUT2D eigenvalue weighted by Gasteiger charge is -2.39. The molecule has 2 heterocycles. The van der Waals surface area contributed by atoms with Gasteiger partial charge in [0.25, 0.3) is 0 Å². The molecule has 5 nitrogen and oxygen atoms in total. The number of aromatic nitrogens is 3. The van der Waals surface area contributed by atoms with Crippen molar-refractivity contribution in [3.8, 4) is 0 Å². The number of fused-ring (bicyclic) bond motifs is 1. The summed E-state index contributed by atoms with van der Waals surface area (Å²) in [5.74, 6) is 0.982. The van der Waals surface area contributed by atoms with Gasteiger partial charge in [0.05, 0.1) is 12.1 Å². The van der Waals surface area contributed by atoms with E-state index in [2.05, 4.69) is 65.5 Å². The van der Waals surface area contributed by atoms with E-state index in [-0.39, 0.29) is 23.9 Å². The zero-order chi connectivity index (χ0) is 18.4. The van der Waals surface area contributed by atoms with Crippen LogP contribution in [0.25, 0.3) is 0 Å². The third-order valence-electron chi connectivity index (χ3n) is 5.63. The molecule has 0 radical (unpaired) electrons. The molecule has 1 saturated carbocycles. The molecule has 1 aromatic heterocycles. The summed E-state index contributed by atoms with van der Waals surface area (Å²) < 4.78 is 1.92. The fourth-order valence-electron chi connectivity index (χ4n) is 4.00. The predicted molar refractivity (Wildman–Crippen MR) is 103 cm³/mol. The second-order valence-corrected chi connectivity index (χ2v) is 7.58. The van der Waals surface area contributed by atoms with Crippen molar-refractivity contribution in [2.24, 2.45) is 5.92 Å². The topological polar surface area (TPSA) is 51.0 Å². The summed E-state index contributed by atoms with van der Waals surface area (Å²) in [6, 6.07) is 18.9. The van der Waals surface area contributed by atoms with Crippen LogP contribution in [0, 0.1) is 12.8 Å². The highest BCUT2D eigenvalue weighted by atomic mass is 16.2. The minimum Gasteiger partial charge on any atom is -0.274 e. The van der Waals surface area contributed by atoms with E-state index in [9.17, 15) is 4.79 Å². The first kappa shape index (κ1) is 16.2. The molecule has 2 atom stereocenters. The second-order valence-electron chi connectivity index (χ2n) is 7.58. The first-order chi connectivity index (χ1) is 13.2. The van der Waals surface area contributed by atoms with Gasteiger partial charge >= 0.3 is 0 Å². The molecule has 5 heteroatoms. The molecule has 0 spiro atoms. The lowest BCUT2D eigenvalue weighted by Crippen LogP contribution is -2.43. The van der Waals surface area contributed by atoms with Gasteiger partial charge in [0, 0.05) is 5.92 Å². The Hall–Kier alpha value is -2.95. The molecule has 2 aliphatic rings. The summed E-state index contributed by atoms with van der Waals surface area (Å²) in [5, 5.41) is 4.48. The normalized spacial score (nSPS) is 21.7. The van der Waals surface area contributed by atoms with E-state index < -0.39 is 0 Å². The van der Waals surface area contributed by atoms with Crippen molar-refractivity contribution in [3.63, 3.8) is 0 Å². The molecule has 136 valence electrons. The Morgan fingerprint density at radius 3 is 2.37 bits per heavy atom. The Kier molecular flexibility index (Phi) is 3.81. The average Bonchev–Trinajstić information content (AvgIpc) is 3.44. The summed E-state index contributed by atoms with van der Waals surface area (Å²) in [4.78, 5) is 19.6. The van der Waals surface area contributed by atoms with Crippen LogP contribution in [0.15, 0.2) is 60.9 Å². The van der Waals surface area contributed by atoms with Crippen molar-refractivity contribution >= 4 is 11.9 Å². The number of carbonyl (C=O) groups excluding carboxylic acids is 1. The van der Waals surface area contributed by atoms with Crippen molar-refractivity contribution in [3.05, 3.63) is 77.6 Å². The van der Waals surface area contributed by atoms with Gasteiger partial charge in [0.2, 0.25) is 11.9 Å². The highest BCUT2D eigenvalue weighted by Crippen LogP contribution is 2.44. The largest absolute Gasteiger partial charge is 0.274 e. The van der Waals surface area contributed by atoms with E-state index in [1.165, 1.54) is 11.1 Å². The fourth-order valence-corrected chi connectivity index (χ4v) is 4.00. The van der Waals surface area contributed by atoms with E-state index in [1.54, 1.807) is 6.33 Å². The lowest BCUT2D eigenvalue weighted by molar-refractivity contribution is -0.120. The quantitative estimate of drug-likeness (QED) is 0.709. The number of hydrogen-bond acceptors (Lipinski definition) is 3. The number of hydrogen-bond donors (Lipinski definition) is 0. The molecule has 1 aliphatic carbocycles. The Morgan fingerprint density at radius 2 is 1.67 bits per heavy atom. The van der Waals surface area contributed by atoms with Crippen molar-refractivity contribution in [2.45, 2.75) is 38.3 Å². The van der Waals surface area contributed by atoms with Gasteiger partial charge in [-0.05, 0) is 37.3 Å². The summed E-state index contributed by atoms with van der Waals surface area (Å²) in [6.07, 6.45) is 4.32. The molecule has 0 N–H and O–H groups in total. The van der Waals surface area contributed by atoms with Gasteiger partial charge in [0.15, 0.2) is 0 Å². The van der Waals surface area contributed by atoms with Crippen LogP contribution in [-0.4, -0.2) is 20.7 Å². The molecule has 1 aliphatic heterocycles. The molecule has 0 unspecified atom stereocenters. The first-order valence-corrected chi connectivity index (χ1v) is 9.56. The van der Waals surface area contributed by atoms with E-state index in [4.69, 9.17) is 0 Å². The first-order valence-electron chi connectivity index (χ1n) is 9.56. The van der Waals surface area contributed by atoms with Crippen molar-refractivity contribution in [1.82, 2.24) is 14.8 Å². The molecule has 1 amide bonds. The molecule has 2 aromatic carbocycles. The smallest absolute Gasteiger partial charge is 0.233 e. The third-order valence-corrected chi connectivity index (χ3v) is 5.63. The summed E-state index contributed by atoms with van der Waals surface area (Å²) >= 11 is 0. The molecule has 1 fully saturated rings. The van der Waals surface area contributed by atoms with E-state index in [0.717, 1.165) is 24.8 Å². The second kappa shape index (κ2) is 6.34. The Bertz CT molecular complexity index is 959. The maximum atomic E-state index is 13.2. The molecule has 0 bridgehead atoms. The average molecular weight is 358 g/mol. The van der Waals surface area contributed by atoms with Crippen LogP contribution in [-0.2, 0) is 4.79 Å². The molecule has 3 aromatic rings. The lowest BCUT2D eigenvalue weighted by atomic mass is 9.91. The minimum atomic E-state index is -0.0272. The summed E-state index contributed by atoms with van der Waals surface area (Å²) in [5.41, 5.74) is 3.57. The molecule has 5 rings (SSSR count). The number of aryl methyl sites for hydroxylation is 1. The number of carbonyl (C=O) groups is 1. The zero-order valence-electron chi connectivity index (χ0n) is 15.3. The van der Waals surface area contributed by atoms with Crippen LogP contribution in [0.5, 0.6) is 0 Å². The van der Waals surface area contributed by atoms with Gasteiger partial charge in [-0.3, -0.25) is 9.69 Å². The van der Waals surface area contributed by atoms with Crippen LogP contribution in [0.1, 0.15) is 48.0 Å². The van der Waals surface area contributed by atoms with E-state index >= 15 is 0 Å². The van der Waals surface area contributed by atoms with Crippen LogP contribution in [0.2, 0.25) is 0 Å². The van der Waals surface area contributed by atoms with Crippen LogP contribution < -0.4 is 4.90 Å². The van der Waals surface area contributed by atoms with Gasteiger partial charge in [-0.2, -0.15) is 10.1 Å².